The zero-order valence-corrected chi connectivity index (χ0v) is 16.8. The Morgan fingerprint density at radius 3 is 2.63 bits per heavy atom. The first-order chi connectivity index (χ1) is 14.3. The molecule has 1 N–H and O–H groups in total. The number of nitro groups is 1. The number of nitro benzene ring substituents is 1. The lowest BCUT2D eigenvalue weighted by Gasteiger charge is -2.12. The average Bonchev–Trinajstić information content (AvgIpc) is 2.72. The number of rotatable bonds is 6. The largest absolute Gasteiger partial charge is 0.494 e. The van der Waals surface area contributed by atoms with Crippen molar-refractivity contribution in [2.75, 3.05) is 12.4 Å². The van der Waals surface area contributed by atoms with Gasteiger partial charge >= 0.3 is 0 Å². The molecule has 8 heteroatoms. The van der Waals surface area contributed by atoms with Crippen molar-refractivity contribution >= 4 is 17.3 Å². The van der Waals surface area contributed by atoms with Gasteiger partial charge in [-0.25, -0.2) is 0 Å². The molecule has 0 saturated carbocycles. The lowest BCUT2D eigenvalue weighted by Crippen LogP contribution is -2.29. The smallest absolute Gasteiger partial charge is 0.273 e. The van der Waals surface area contributed by atoms with Gasteiger partial charge in [0.05, 0.1) is 30.3 Å². The number of pyridine rings is 1. The van der Waals surface area contributed by atoms with Crippen molar-refractivity contribution in [3.63, 3.8) is 0 Å². The minimum atomic E-state index is -0.623. The van der Waals surface area contributed by atoms with Crippen LogP contribution in [0.4, 0.5) is 11.4 Å². The van der Waals surface area contributed by atoms with Gasteiger partial charge in [-0.1, -0.05) is 23.8 Å². The molecular weight excluding hydrogens is 386 g/mol. The summed E-state index contributed by atoms with van der Waals surface area (Å²) in [4.78, 5) is 36.0. The van der Waals surface area contributed by atoms with Crippen LogP contribution in [-0.2, 0) is 6.54 Å². The normalized spacial score (nSPS) is 10.5. The van der Waals surface area contributed by atoms with Gasteiger partial charge in [-0.2, -0.15) is 0 Å². The highest BCUT2D eigenvalue weighted by Gasteiger charge is 2.17. The van der Waals surface area contributed by atoms with Gasteiger partial charge < -0.3 is 14.6 Å². The van der Waals surface area contributed by atoms with Gasteiger partial charge in [0.25, 0.3) is 17.2 Å². The van der Waals surface area contributed by atoms with Crippen LogP contribution in [0.1, 0.15) is 27.0 Å². The van der Waals surface area contributed by atoms with Gasteiger partial charge in [-0.15, -0.1) is 0 Å². The van der Waals surface area contributed by atoms with Crippen LogP contribution in [0.2, 0.25) is 0 Å². The van der Waals surface area contributed by atoms with Crippen LogP contribution in [0.3, 0.4) is 0 Å². The quantitative estimate of drug-likeness (QED) is 0.496. The number of aryl methyl sites for hydroxylation is 2. The second-order valence-corrected chi connectivity index (χ2v) is 6.88. The number of ether oxygens (including phenoxy) is 1. The van der Waals surface area contributed by atoms with Gasteiger partial charge in [0.1, 0.15) is 11.3 Å². The van der Waals surface area contributed by atoms with Crippen LogP contribution in [0, 0.1) is 24.0 Å². The highest BCUT2D eigenvalue weighted by Crippen LogP contribution is 2.29. The molecule has 0 aliphatic rings. The van der Waals surface area contributed by atoms with E-state index in [0.29, 0.717) is 6.54 Å². The molecule has 0 radical (unpaired) electrons. The lowest BCUT2D eigenvalue weighted by atomic mass is 10.1. The molecule has 30 heavy (non-hydrogen) atoms. The maximum Gasteiger partial charge on any atom is 0.273 e. The zero-order valence-electron chi connectivity index (χ0n) is 16.8. The first kappa shape index (κ1) is 20.8. The number of amides is 1. The van der Waals surface area contributed by atoms with Gasteiger partial charge in [0, 0.05) is 12.3 Å². The molecular formula is C22H21N3O5. The monoisotopic (exact) mass is 407 g/mol. The molecule has 0 aliphatic heterocycles. The fourth-order valence-corrected chi connectivity index (χ4v) is 3.07. The van der Waals surface area contributed by atoms with E-state index in [0.717, 1.165) is 16.7 Å². The van der Waals surface area contributed by atoms with E-state index in [1.54, 1.807) is 12.3 Å². The molecule has 0 atom stereocenters. The molecule has 0 bridgehead atoms. The molecule has 0 saturated heterocycles. The Bertz CT molecular complexity index is 1180. The summed E-state index contributed by atoms with van der Waals surface area (Å²) < 4.78 is 6.60. The second kappa shape index (κ2) is 8.60. The van der Waals surface area contributed by atoms with E-state index in [2.05, 4.69) is 5.32 Å². The van der Waals surface area contributed by atoms with Crippen LogP contribution in [0.5, 0.6) is 5.75 Å². The zero-order chi connectivity index (χ0) is 21.8. The Morgan fingerprint density at radius 2 is 1.93 bits per heavy atom. The summed E-state index contributed by atoms with van der Waals surface area (Å²) in [5.41, 5.74) is 2.73. The summed E-state index contributed by atoms with van der Waals surface area (Å²) in [6.07, 6.45) is 1.63. The Morgan fingerprint density at radius 1 is 1.17 bits per heavy atom. The van der Waals surface area contributed by atoms with Crippen LogP contribution < -0.4 is 15.6 Å². The molecule has 154 valence electrons. The molecule has 2 aromatic carbocycles. The number of carbonyl (C=O) groups is 1. The van der Waals surface area contributed by atoms with Crippen molar-refractivity contribution in [2.45, 2.75) is 20.4 Å². The predicted octanol–water partition coefficient (Wildman–Crippen LogP) is 3.68. The van der Waals surface area contributed by atoms with Crippen LogP contribution in [0.25, 0.3) is 0 Å². The Kier molecular flexibility index (Phi) is 5.96. The number of nitrogens with zero attached hydrogens (tertiary/aromatic N) is 2. The summed E-state index contributed by atoms with van der Waals surface area (Å²) in [5.74, 6) is -0.494. The molecule has 3 aromatic rings. The van der Waals surface area contributed by atoms with Gasteiger partial charge in [0.15, 0.2) is 0 Å². The van der Waals surface area contributed by atoms with E-state index < -0.39 is 16.4 Å². The SMILES string of the molecule is COc1cc([N+](=O)[O-])ccc1NC(=O)c1cccn(Cc2cc(C)ccc2C)c1=O. The molecule has 1 heterocycles. The molecule has 3 rings (SSSR count). The molecule has 8 nitrogen and oxygen atoms in total. The van der Waals surface area contributed by atoms with Crippen LogP contribution in [-0.4, -0.2) is 22.5 Å². The number of nitrogens with one attached hydrogen (secondary N) is 1. The summed E-state index contributed by atoms with van der Waals surface area (Å²) in [6.45, 7) is 4.29. The van der Waals surface area contributed by atoms with Crippen molar-refractivity contribution in [3.05, 3.63) is 97.4 Å². The number of aromatic nitrogens is 1. The minimum Gasteiger partial charge on any atom is -0.494 e. The van der Waals surface area contributed by atoms with Crippen LogP contribution >= 0.6 is 0 Å². The average molecular weight is 407 g/mol. The maximum atomic E-state index is 12.9. The highest BCUT2D eigenvalue weighted by atomic mass is 16.6. The molecule has 1 aromatic heterocycles. The third-order valence-electron chi connectivity index (χ3n) is 4.75. The predicted molar refractivity (Wildman–Crippen MR) is 113 cm³/mol. The van der Waals surface area contributed by atoms with Gasteiger partial charge in [0.2, 0.25) is 0 Å². The van der Waals surface area contributed by atoms with E-state index in [9.17, 15) is 19.7 Å². The lowest BCUT2D eigenvalue weighted by molar-refractivity contribution is -0.384. The number of methoxy groups -OCH3 is 1. The highest BCUT2D eigenvalue weighted by molar-refractivity contribution is 6.04. The fraction of sp³-hybridized carbons (Fsp3) is 0.182. The summed E-state index contributed by atoms with van der Waals surface area (Å²) in [5, 5.41) is 13.5. The Hall–Kier alpha value is -3.94. The first-order valence-electron chi connectivity index (χ1n) is 9.19. The first-order valence-corrected chi connectivity index (χ1v) is 9.19. The van der Waals surface area contributed by atoms with Crippen molar-refractivity contribution in [2.24, 2.45) is 0 Å². The number of hydrogen-bond donors (Lipinski definition) is 1. The van der Waals surface area contributed by atoms with Crippen molar-refractivity contribution in [3.8, 4) is 5.75 Å². The fourth-order valence-electron chi connectivity index (χ4n) is 3.07. The molecule has 1 amide bonds. The topological polar surface area (TPSA) is 103 Å². The number of non-ortho nitro benzene ring substituents is 1. The van der Waals surface area contributed by atoms with Crippen molar-refractivity contribution in [1.29, 1.82) is 0 Å². The summed E-state index contributed by atoms with van der Waals surface area (Å²) in [7, 11) is 1.34. The third kappa shape index (κ3) is 4.38. The van der Waals surface area contributed by atoms with E-state index in [1.165, 1.54) is 35.9 Å². The van der Waals surface area contributed by atoms with Crippen molar-refractivity contribution < 1.29 is 14.5 Å². The number of anilines is 1. The molecule has 0 fully saturated rings. The van der Waals surface area contributed by atoms with Crippen LogP contribution in [0.15, 0.2) is 59.5 Å². The van der Waals surface area contributed by atoms with Crippen molar-refractivity contribution in [1.82, 2.24) is 4.57 Å². The number of benzene rings is 2. The Labute approximate surface area is 172 Å². The number of carbonyl (C=O) groups excluding carboxylic acids is 1. The number of hydrogen-bond acceptors (Lipinski definition) is 5. The summed E-state index contributed by atoms with van der Waals surface area (Å²) in [6, 6.07) is 12.9. The molecule has 0 spiro atoms. The van der Waals surface area contributed by atoms with Gasteiger partial charge in [-0.3, -0.25) is 19.7 Å². The van der Waals surface area contributed by atoms with E-state index in [-0.39, 0.29) is 22.7 Å². The Balaban J connectivity index is 1.89. The maximum absolute atomic E-state index is 12.9. The standard InChI is InChI=1S/C22H21N3O5/c1-14-6-7-15(2)16(11-14)13-24-10-4-5-18(22(24)27)21(26)23-19-9-8-17(25(28)29)12-20(19)30-3/h4-12H,13H2,1-3H3,(H,23,26). The summed E-state index contributed by atoms with van der Waals surface area (Å²) >= 11 is 0. The molecule has 0 aliphatic carbocycles. The van der Waals surface area contributed by atoms with Gasteiger partial charge in [-0.05, 0) is 43.2 Å². The molecule has 0 unspecified atom stereocenters. The van der Waals surface area contributed by atoms with E-state index >= 15 is 0 Å². The van der Waals surface area contributed by atoms with E-state index in [1.807, 2.05) is 32.0 Å². The third-order valence-corrected chi connectivity index (χ3v) is 4.75. The minimum absolute atomic E-state index is 0.0387. The second-order valence-electron chi connectivity index (χ2n) is 6.88. The van der Waals surface area contributed by atoms with E-state index in [4.69, 9.17) is 4.74 Å².